The molecule has 2 rings (SSSR count). The summed E-state index contributed by atoms with van der Waals surface area (Å²) in [6.07, 6.45) is 3.68. The van der Waals surface area contributed by atoms with Crippen LogP contribution in [0.1, 0.15) is 30.7 Å². The van der Waals surface area contributed by atoms with Gasteiger partial charge >= 0.3 is 0 Å². The number of aryl methyl sites for hydroxylation is 1. The molecule has 0 fully saturated rings. The molecule has 2 N–H and O–H groups in total. The lowest BCUT2D eigenvalue weighted by Crippen LogP contribution is -2.31. The summed E-state index contributed by atoms with van der Waals surface area (Å²) < 4.78 is 2.10. The van der Waals surface area contributed by atoms with E-state index in [4.69, 9.17) is 5.73 Å². The van der Waals surface area contributed by atoms with Gasteiger partial charge in [0.2, 0.25) is 0 Å². The maximum Gasteiger partial charge on any atom is 0.0951 e. The molecule has 2 aromatic rings. The molecule has 1 heterocycles. The predicted octanol–water partition coefficient (Wildman–Crippen LogP) is 2.43. The molecule has 0 bridgehead atoms. The van der Waals surface area contributed by atoms with Gasteiger partial charge in [-0.3, -0.25) is 0 Å². The number of hydrogen-bond acceptors (Lipinski definition) is 2. The zero-order chi connectivity index (χ0) is 12.5. The minimum atomic E-state index is -0.360. The maximum absolute atomic E-state index is 6.12. The highest BCUT2D eigenvalue weighted by molar-refractivity contribution is 5.22. The second-order valence-electron chi connectivity index (χ2n) is 5.11. The first-order chi connectivity index (χ1) is 7.97. The van der Waals surface area contributed by atoms with Crippen LogP contribution in [0.4, 0.5) is 0 Å². The van der Waals surface area contributed by atoms with Crippen molar-refractivity contribution in [1.29, 1.82) is 0 Å². The standard InChI is InChI=1S/C14H19N3/c1-11-4-6-12(7-5-11)9-17-10-16-8-13(17)14(2,3)15/h4-8,10H,9,15H2,1-3H3. The van der Waals surface area contributed by atoms with E-state index < -0.39 is 0 Å². The molecule has 90 valence electrons. The summed E-state index contributed by atoms with van der Waals surface area (Å²) in [5.41, 5.74) is 9.35. The van der Waals surface area contributed by atoms with Crippen LogP contribution in [-0.2, 0) is 12.1 Å². The Morgan fingerprint density at radius 3 is 2.47 bits per heavy atom. The molecule has 0 aliphatic rings. The number of aromatic nitrogens is 2. The Labute approximate surface area is 102 Å². The number of nitrogens with two attached hydrogens (primary N) is 1. The summed E-state index contributed by atoms with van der Waals surface area (Å²) in [4.78, 5) is 4.19. The summed E-state index contributed by atoms with van der Waals surface area (Å²) in [5, 5.41) is 0. The van der Waals surface area contributed by atoms with E-state index >= 15 is 0 Å². The van der Waals surface area contributed by atoms with Crippen molar-refractivity contribution in [2.24, 2.45) is 5.73 Å². The third-order valence-electron chi connectivity index (χ3n) is 2.85. The lowest BCUT2D eigenvalue weighted by Gasteiger charge is -2.20. The molecule has 0 saturated carbocycles. The van der Waals surface area contributed by atoms with Crippen LogP contribution in [0.25, 0.3) is 0 Å². The highest BCUT2D eigenvalue weighted by Crippen LogP contribution is 2.17. The number of imidazole rings is 1. The van der Waals surface area contributed by atoms with Gasteiger partial charge in [0.15, 0.2) is 0 Å². The fraction of sp³-hybridized carbons (Fsp3) is 0.357. The first kappa shape index (κ1) is 11.9. The smallest absolute Gasteiger partial charge is 0.0951 e. The Morgan fingerprint density at radius 2 is 1.88 bits per heavy atom. The van der Waals surface area contributed by atoms with E-state index in [1.54, 1.807) is 0 Å². The Bertz CT molecular complexity index is 489. The average Bonchev–Trinajstić information content (AvgIpc) is 2.69. The van der Waals surface area contributed by atoms with Gasteiger partial charge in [0.25, 0.3) is 0 Å². The highest BCUT2D eigenvalue weighted by atomic mass is 15.1. The highest BCUT2D eigenvalue weighted by Gasteiger charge is 2.18. The molecule has 0 saturated heterocycles. The van der Waals surface area contributed by atoms with E-state index in [0.717, 1.165) is 12.2 Å². The molecule has 0 atom stereocenters. The normalized spacial score (nSPS) is 11.8. The van der Waals surface area contributed by atoms with E-state index in [2.05, 4.69) is 40.7 Å². The molecule has 1 aromatic heterocycles. The molecule has 0 unspecified atom stereocenters. The molecule has 0 spiro atoms. The molecular weight excluding hydrogens is 210 g/mol. The Balaban J connectivity index is 2.25. The average molecular weight is 229 g/mol. The molecular formula is C14H19N3. The van der Waals surface area contributed by atoms with Crippen molar-refractivity contribution in [3.63, 3.8) is 0 Å². The number of hydrogen-bond donors (Lipinski definition) is 1. The second kappa shape index (κ2) is 4.34. The van der Waals surface area contributed by atoms with Crippen LogP contribution < -0.4 is 5.73 Å². The predicted molar refractivity (Wildman–Crippen MR) is 69.7 cm³/mol. The molecule has 0 radical (unpaired) electrons. The number of nitrogens with zero attached hydrogens (tertiary/aromatic N) is 2. The van der Waals surface area contributed by atoms with E-state index in [0.29, 0.717) is 0 Å². The summed E-state index contributed by atoms with van der Waals surface area (Å²) in [6.45, 7) is 6.90. The molecule has 17 heavy (non-hydrogen) atoms. The van der Waals surface area contributed by atoms with Gasteiger partial charge in [0.1, 0.15) is 0 Å². The van der Waals surface area contributed by atoms with Gasteiger partial charge in [-0.15, -0.1) is 0 Å². The minimum Gasteiger partial charge on any atom is -0.328 e. The zero-order valence-corrected chi connectivity index (χ0v) is 10.6. The van der Waals surface area contributed by atoms with Crippen LogP contribution in [0.15, 0.2) is 36.8 Å². The van der Waals surface area contributed by atoms with E-state index in [9.17, 15) is 0 Å². The van der Waals surface area contributed by atoms with Gasteiger partial charge < -0.3 is 10.3 Å². The summed E-state index contributed by atoms with van der Waals surface area (Å²) >= 11 is 0. The molecule has 0 aliphatic heterocycles. The van der Waals surface area contributed by atoms with Crippen molar-refractivity contribution in [1.82, 2.24) is 9.55 Å². The Hall–Kier alpha value is -1.61. The largest absolute Gasteiger partial charge is 0.328 e. The molecule has 3 heteroatoms. The van der Waals surface area contributed by atoms with Crippen molar-refractivity contribution in [2.45, 2.75) is 32.9 Å². The molecule has 3 nitrogen and oxygen atoms in total. The van der Waals surface area contributed by atoms with Crippen molar-refractivity contribution in [3.05, 3.63) is 53.6 Å². The van der Waals surface area contributed by atoms with E-state index in [1.165, 1.54) is 11.1 Å². The van der Waals surface area contributed by atoms with Crippen LogP contribution in [0.3, 0.4) is 0 Å². The Morgan fingerprint density at radius 1 is 1.24 bits per heavy atom. The van der Waals surface area contributed by atoms with Crippen molar-refractivity contribution >= 4 is 0 Å². The van der Waals surface area contributed by atoms with Crippen LogP contribution in [0.5, 0.6) is 0 Å². The third kappa shape index (κ3) is 2.74. The number of benzene rings is 1. The minimum absolute atomic E-state index is 0.360. The van der Waals surface area contributed by atoms with Crippen LogP contribution >= 0.6 is 0 Å². The topological polar surface area (TPSA) is 43.8 Å². The van der Waals surface area contributed by atoms with Crippen LogP contribution in [-0.4, -0.2) is 9.55 Å². The summed E-state index contributed by atoms with van der Waals surface area (Å²) in [6, 6.07) is 8.53. The van der Waals surface area contributed by atoms with Gasteiger partial charge in [0.05, 0.1) is 17.6 Å². The molecule has 0 aliphatic carbocycles. The van der Waals surface area contributed by atoms with Crippen molar-refractivity contribution in [3.8, 4) is 0 Å². The molecule has 1 aromatic carbocycles. The summed E-state index contributed by atoms with van der Waals surface area (Å²) in [7, 11) is 0. The lowest BCUT2D eigenvalue weighted by atomic mass is 10.0. The monoisotopic (exact) mass is 229 g/mol. The van der Waals surface area contributed by atoms with Gasteiger partial charge in [-0.25, -0.2) is 4.98 Å². The van der Waals surface area contributed by atoms with Crippen LogP contribution in [0.2, 0.25) is 0 Å². The Kier molecular flexibility index (Phi) is 3.03. The maximum atomic E-state index is 6.12. The van der Waals surface area contributed by atoms with Crippen molar-refractivity contribution < 1.29 is 0 Å². The van der Waals surface area contributed by atoms with E-state index in [-0.39, 0.29) is 5.54 Å². The van der Waals surface area contributed by atoms with Gasteiger partial charge in [-0.1, -0.05) is 29.8 Å². The quantitative estimate of drug-likeness (QED) is 0.878. The molecule has 0 amide bonds. The second-order valence-corrected chi connectivity index (χ2v) is 5.11. The fourth-order valence-electron chi connectivity index (χ4n) is 1.87. The summed E-state index contributed by atoms with van der Waals surface area (Å²) in [5.74, 6) is 0. The fourth-order valence-corrected chi connectivity index (χ4v) is 1.87. The third-order valence-corrected chi connectivity index (χ3v) is 2.85. The first-order valence-corrected chi connectivity index (χ1v) is 5.82. The number of rotatable bonds is 3. The first-order valence-electron chi connectivity index (χ1n) is 5.82. The van der Waals surface area contributed by atoms with Gasteiger partial charge in [0, 0.05) is 12.7 Å². The van der Waals surface area contributed by atoms with Crippen molar-refractivity contribution in [2.75, 3.05) is 0 Å². The van der Waals surface area contributed by atoms with Gasteiger partial charge in [-0.05, 0) is 26.3 Å². The van der Waals surface area contributed by atoms with Gasteiger partial charge in [-0.2, -0.15) is 0 Å². The van der Waals surface area contributed by atoms with Crippen LogP contribution in [0, 0.1) is 6.92 Å². The SMILES string of the molecule is Cc1ccc(Cn2cncc2C(C)(C)N)cc1. The zero-order valence-electron chi connectivity index (χ0n) is 10.6. The lowest BCUT2D eigenvalue weighted by molar-refractivity contribution is 0.503. The van der Waals surface area contributed by atoms with E-state index in [1.807, 2.05) is 26.4 Å².